The van der Waals surface area contributed by atoms with Gasteiger partial charge in [0.25, 0.3) is 0 Å². The number of benzene rings is 1. The summed E-state index contributed by atoms with van der Waals surface area (Å²) in [4.78, 5) is 2.33. The van der Waals surface area contributed by atoms with Crippen LogP contribution < -0.4 is 4.90 Å². The molecule has 2 N–H and O–H groups in total. The Labute approximate surface area is 176 Å². The van der Waals surface area contributed by atoms with Gasteiger partial charge in [-0.3, -0.25) is 0 Å². The first kappa shape index (κ1) is 20.9. The first-order chi connectivity index (χ1) is 13.8. The molecule has 0 aliphatic heterocycles. The van der Waals surface area contributed by atoms with Crippen LogP contribution in [-0.4, -0.2) is 36.0 Å². The van der Waals surface area contributed by atoms with Gasteiger partial charge < -0.3 is 15.1 Å². The summed E-state index contributed by atoms with van der Waals surface area (Å²) in [6, 6.07) is 10.5. The number of hydrogen-bond acceptors (Lipinski definition) is 3. The van der Waals surface area contributed by atoms with E-state index < -0.39 is 0 Å². The third-order valence-corrected chi connectivity index (χ3v) is 9.23. The van der Waals surface area contributed by atoms with Gasteiger partial charge in [-0.2, -0.15) is 0 Å². The Balaban J connectivity index is 1.57. The van der Waals surface area contributed by atoms with Crippen LogP contribution in [0.2, 0.25) is 0 Å². The average molecular weight is 398 g/mol. The normalized spacial score (nSPS) is 42.5. The van der Waals surface area contributed by atoms with Gasteiger partial charge in [0.15, 0.2) is 0 Å². The SMILES string of the molecule is C=C1CCC2[C@H](O)C([C@@]3(C)CC[C@H](O)C[C@@H]3CN(C)c3ccccc3)CC[C@]12C. The molecule has 0 radical (unpaired) electrons. The standard InChI is InChI=1S/C26H39NO2/c1-18-10-11-22-24(29)23(13-15-25(18,22)2)26(3)14-12-21(28)16-19(26)17-27(4)20-8-6-5-7-9-20/h5-9,19,21-24,28-29H,1,10-17H2,2-4H3/t19-,21+,22?,23?,24+,25-,26+/m1/s1. The molecule has 3 aliphatic carbocycles. The molecule has 3 nitrogen and oxygen atoms in total. The maximum Gasteiger partial charge on any atom is 0.0610 e. The second-order valence-corrected chi connectivity index (χ2v) is 10.6. The highest BCUT2D eigenvalue weighted by Gasteiger charge is 2.56. The summed E-state index contributed by atoms with van der Waals surface area (Å²) in [5.41, 5.74) is 2.76. The van der Waals surface area contributed by atoms with Crippen molar-refractivity contribution in [3.8, 4) is 0 Å². The van der Waals surface area contributed by atoms with Gasteiger partial charge in [-0.15, -0.1) is 0 Å². The van der Waals surface area contributed by atoms with Crippen LogP contribution in [0.1, 0.15) is 58.8 Å². The van der Waals surface area contributed by atoms with Crippen LogP contribution in [0, 0.1) is 28.6 Å². The zero-order valence-electron chi connectivity index (χ0n) is 18.5. The van der Waals surface area contributed by atoms with Crippen molar-refractivity contribution < 1.29 is 10.2 Å². The van der Waals surface area contributed by atoms with E-state index in [0.717, 1.165) is 51.5 Å². The highest BCUT2D eigenvalue weighted by atomic mass is 16.3. The van der Waals surface area contributed by atoms with E-state index in [0.29, 0.717) is 17.8 Å². The topological polar surface area (TPSA) is 43.7 Å². The third-order valence-electron chi connectivity index (χ3n) is 9.23. The molecule has 3 aliphatic rings. The Morgan fingerprint density at radius 1 is 1.03 bits per heavy atom. The van der Waals surface area contributed by atoms with Gasteiger partial charge in [-0.1, -0.05) is 44.2 Å². The van der Waals surface area contributed by atoms with Gasteiger partial charge >= 0.3 is 0 Å². The highest BCUT2D eigenvalue weighted by molar-refractivity contribution is 5.45. The summed E-state index contributed by atoms with van der Waals surface area (Å²) in [6.07, 6.45) is 6.62. The number of rotatable bonds is 4. The molecule has 0 bridgehead atoms. The fraction of sp³-hybridized carbons (Fsp3) is 0.692. The van der Waals surface area contributed by atoms with E-state index in [9.17, 15) is 10.2 Å². The minimum Gasteiger partial charge on any atom is -0.393 e. The van der Waals surface area contributed by atoms with E-state index in [2.05, 4.69) is 62.7 Å². The van der Waals surface area contributed by atoms with Crippen LogP contribution in [0.3, 0.4) is 0 Å². The summed E-state index contributed by atoms with van der Waals surface area (Å²) in [5, 5.41) is 22.1. The monoisotopic (exact) mass is 397 g/mol. The van der Waals surface area contributed by atoms with Crippen molar-refractivity contribution in [2.45, 2.75) is 71.0 Å². The molecule has 4 rings (SSSR count). The number of hydrogen-bond donors (Lipinski definition) is 2. The highest BCUT2D eigenvalue weighted by Crippen LogP contribution is 2.61. The van der Waals surface area contributed by atoms with Gasteiger partial charge in [0.1, 0.15) is 0 Å². The van der Waals surface area contributed by atoms with Crippen LogP contribution in [0.5, 0.6) is 0 Å². The van der Waals surface area contributed by atoms with E-state index in [4.69, 9.17) is 0 Å². The number of aliphatic hydroxyl groups excluding tert-OH is 2. The molecular weight excluding hydrogens is 358 g/mol. The van der Waals surface area contributed by atoms with Gasteiger partial charge in [-0.25, -0.2) is 0 Å². The molecule has 7 atom stereocenters. The summed E-state index contributed by atoms with van der Waals surface area (Å²) >= 11 is 0. The Morgan fingerprint density at radius 2 is 1.76 bits per heavy atom. The molecular formula is C26H39NO2. The summed E-state index contributed by atoms with van der Waals surface area (Å²) < 4.78 is 0. The summed E-state index contributed by atoms with van der Waals surface area (Å²) in [6.45, 7) is 10.0. The van der Waals surface area contributed by atoms with E-state index in [-0.39, 0.29) is 23.0 Å². The first-order valence-electron chi connectivity index (χ1n) is 11.6. The zero-order valence-corrected chi connectivity index (χ0v) is 18.5. The van der Waals surface area contributed by atoms with E-state index in [1.807, 2.05) is 0 Å². The number of aliphatic hydroxyl groups is 2. The molecule has 0 saturated heterocycles. The Kier molecular flexibility index (Phi) is 5.59. The molecule has 29 heavy (non-hydrogen) atoms. The van der Waals surface area contributed by atoms with Gasteiger partial charge in [-0.05, 0) is 85.7 Å². The molecule has 2 unspecified atom stereocenters. The van der Waals surface area contributed by atoms with Crippen LogP contribution >= 0.6 is 0 Å². The van der Waals surface area contributed by atoms with E-state index >= 15 is 0 Å². The quantitative estimate of drug-likeness (QED) is 0.700. The molecule has 1 aromatic carbocycles. The van der Waals surface area contributed by atoms with E-state index in [1.165, 1.54) is 11.3 Å². The number of fused-ring (bicyclic) bond motifs is 1. The second kappa shape index (κ2) is 7.74. The van der Waals surface area contributed by atoms with Crippen molar-refractivity contribution in [1.82, 2.24) is 0 Å². The maximum absolute atomic E-state index is 11.6. The number of nitrogens with zero attached hydrogens (tertiary/aromatic N) is 1. The van der Waals surface area contributed by atoms with Gasteiger partial charge in [0, 0.05) is 19.3 Å². The van der Waals surface area contributed by atoms with Crippen molar-refractivity contribution in [3.63, 3.8) is 0 Å². The van der Waals surface area contributed by atoms with Crippen molar-refractivity contribution in [1.29, 1.82) is 0 Å². The summed E-state index contributed by atoms with van der Waals surface area (Å²) in [7, 11) is 2.16. The summed E-state index contributed by atoms with van der Waals surface area (Å²) in [5.74, 6) is 1.04. The fourth-order valence-electron chi connectivity index (χ4n) is 7.02. The second-order valence-electron chi connectivity index (χ2n) is 10.6. The number of anilines is 1. The number of para-hydroxylation sites is 1. The zero-order chi connectivity index (χ0) is 20.8. The lowest BCUT2D eigenvalue weighted by molar-refractivity contribution is -0.117. The number of allylic oxidation sites excluding steroid dienone is 1. The third kappa shape index (κ3) is 3.55. The molecule has 0 heterocycles. The Bertz CT molecular complexity index is 733. The fourth-order valence-corrected chi connectivity index (χ4v) is 7.02. The minimum absolute atomic E-state index is 0.0624. The molecule has 160 valence electrons. The van der Waals surface area contributed by atoms with Crippen LogP contribution in [0.4, 0.5) is 5.69 Å². The molecule has 3 saturated carbocycles. The smallest absolute Gasteiger partial charge is 0.0610 e. The van der Waals surface area contributed by atoms with Crippen molar-refractivity contribution >= 4 is 5.69 Å². The van der Waals surface area contributed by atoms with Gasteiger partial charge in [0.2, 0.25) is 0 Å². The largest absolute Gasteiger partial charge is 0.393 e. The lowest BCUT2D eigenvalue weighted by atomic mass is 9.52. The molecule has 3 fully saturated rings. The molecule has 0 amide bonds. The maximum atomic E-state index is 11.6. The van der Waals surface area contributed by atoms with E-state index in [1.54, 1.807) is 0 Å². The lowest BCUT2D eigenvalue weighted by Gasteiger charge is -2.55. The van der Waals surface area contributed by atoms with Crippen LogP contribution in [0.15, 0.2) is 42.5 Å². The van der Waals surface area contributed by atoms with Crippen molar-refractivity contribution in [2.24, 2.45) is 28.6 Å². The molecule has 0 aromatic heterocycles. The molecule has 3 heteroatoms. The predicted molar refractivity (Wildman–Crippen MR) is 120 cm³/mol. The van der Waals surface area contributed by atoms with Crippen molar-refractivity contribution in [3.05, 3.63) is 42.5 Å². The average Bonchev–Trinajstić information content (AvgIpc) is 3.01. The lowest BCUT2D eigenvalue weighted by Crippen LogP contribution is -2.54. The minimum atomic E-state index is -0.252. The molecule has 0 spiro atoms. The Hall–Kier alpha value is -1.32. The molecule has 1 aromatic rings. The first-order valence-corrected chi connectivity index (χ1v) is 11.6. The van der Waals surface area contributed by atoms with Crippen LogP contribution in [0.25, 0.3) is 0 Å². The predicted octanol–water partition coefficient (Wildman–Crippen LogP) is 5.03. The van der Waals surface area contributed by atoms with Gasteiger partial charge in [0.05, 0.1) is 12.2 Å². The van der Waals surface area contributed by atoms with Crippen molar-refractivity contribution in [2.75, 3.05) is 18.5 Å². The van der Waals surface area contributed by atoms with Crippen LogP contribution in [-0.2, 0) is 0 Å². The Morgan fingerprint density at radius 3 is 2.48 bits per heavy atom.